The first-order chi connectivity index (χ1) is 9.58. The summed E-state index contributed by atoms with van der Waals surface area (Å²) < 4.78 is 12.9. The summed E-state index contributed by atoms with van der Waals surface area (Å²) in [7, 11) is 0. The molecule has 1 aromatic carbocycles. The number of halogens is 2. The van der Waals surface area contributed by atoms with Crippen molar-refractivity contribution in [2.75, 3.05) is 0 Å². The molecule has 1 aromatic heterocycles. The summed E-state index contributed by atoms with van der Waals surface area (Å²) in [5.74, 6) is -0.854. The number of hydrazone groups is 1. The van der Waals surface area contributed by atoms with Crippen molar-refractivity contribution in [3.8, 4) is 0 Å². The van der Waals surface area contributed by atoms with Crippen LogP contribution >= 0.6 is 11.6 Å². The topological polar surface area (TPSA) is 54.4 Å². The number of hydrogen-bond donors (Lipinski definition) is 1. The third kappa shape index (κ3) is 3.39. The Bertz CT molecular complexity index is 659. The highest BCUT2D eigenvalue weighted by Crippen LogP contribution is 2.17. The number of amides is 1. The first kappa shape index (κ1) is 14.1. The van der Waals surface area contributed by atoms with Crippen molar-refractivity contribution >= 4 is 23.2 Å². The Morgan fingerprint density at radius 1 is 1.35 bits per heavy atom. The van der Waals surface area contributed by atoms with Gasteiger partial charge in [0.05, 0.1) is 10.7 Å². The van der Waals surface area contributed by atoms with Gasteiger partial charge in [-0.25, -0.2) is 9.82 Å². The largest absolute Gasteiger partial charge is 0.289 e. The maximum absolute atomic E-state index is 12.9. The molecule has 2 aromatic rings. The van der Waals surface area contributed by atoms with Crippen LogP contribution in [0.2, 0.25) is 5.02 Å². The van der Waals surface area contributed by atoms with Gasteiger partial charge in [0.2, 0.25) is 0 Å². The number of benzene rings is 1. The highest BCUT2D eigenvalue weighted by atomic mass is 35.5. The molecule has 0 aliphatic carbocycles. The maximum Gasteiger partial charge on any atom is 0.289 e. The normalized spacial score (nSPS) is 11.2. The quantitative estimate of drug-likeness (QED) is 0.698. The molecule has 1 amide bonds. The van der Waals surface area contributed by atoms with E-state index >= 15 is 0 Å². The van der Waals surface area contributed by atoms with Gasteiger partial charge in [-0.2, -0.15) is 5.10 Å². The van der Waals surface area contributed by atoms with Crippen molar-refractivity contribution in [1.29, 1.82) is 0 Å². The fraction of sp³-hybridized carbons (Fsp3) is 0.0714. The monoisotopic (exact) mass is 291 g/mol. The second kappa shape index (κ2) is 6.25. The van der Waals surface area contributed by atoms with Crippen LogP contribution in [0.4, 0.5) is 4.39 Å². The van der Waals surface area contributed by atoms with Crippen LogP contribution in [0.15, 0.2) is 47.7 Å². The van der Waals surface area contributed by atoms with Crippen LogP contribution in [0.5, 0.6) is 0 Å². The second-order valence-electron chi connectivity index (χ2n) is 3.98. The fourth-order valence-corrected chi connectivity index (χ4v) is 1.84. The lowest BCUT2D eigenvalue weighted by molar-refractivity contribution is 0.0950. The van der Waals surface area contributed by atoms with E-state index in [1.54, 1.807) is 25.1 Å². The van der Waals surface area contributed by atoms with Crippen LogP contribution in [-0.4, -0.2) is 16.6 Å². The van der Waals surface area contributed by atoms with E-state index in [9.17, 15) is 9.18 Å². The minimum Gasteiger partial charge on any atom is -0.266 e. The molecule has 0 saturated heterocycles. The van der Waals surface area contributed by atoms with E-state index in [2.05, 4.69) is 15.5 Å². The third-order valence-corrected chi connectivity index (χ3v) is 2.86. The molecule has 20 heavy (non-hydrogen) atoms. The lowest BCUT2D eigenvalue weighted by atomic mass is 10.1. The van der Waals surface area contributed by atoms with Gasteiger partial charge in [0.15, 0.2) is 0 Å². The summed E-state index contributed by atoms with van der Waals surface area (Å²) in [5, 5.41) is 4.17. The van der Waals surface area contributed by atoms with Gasteiger partial charge >= 0.3 is 0 Å². The molecule has 0 bridgehead atoms. The summed E-state index contributed by atoms with van der Waals surface area (Å²) >= 11 is 5.91. The lowest BCUT2D eigenvalue weighted by Crippen LogP contribution is -2.20. The molecule has 1 heterocycles. The average Bonchev–Trinajstić information content (AvgIpc) is 2.45. The highest BCUT2D eigenvalue weighted by molar-refractivity contribution is 6.34. The number of aromatic nitrogens is 1. The molecule has 2 rings (SSSR count). The molecule has 0 saturated carbocycles. The van der Waals surface area contributed by atoms with E-state index in [0.29, 0.717) is 11.3 Å². The number of rotatable bonds is 3. The highest BCUT2D eigenvalue weighted by Gasteiger charge is 2.08. The van der Waals surface area contributed by atoms with Crippen molar-refractivity contribution in [2.24, 2.45) is 5.10 Å². The molecule has 0 radical (unpaired) electrons. The van der Waals surface area contributed by atoms with Gasteiger partial charge in [-0.1, -0.05) is 17.7 Å². The molecule has 102 valence electrons. The van der Waals surface area contributed by atoms with Gasteiger partial charge in [-0.3, -0.25) is 9.78 Å². The number of carbonyl (C=O) groups is 1. The van der Waals surface area contributed by atoms with Gasteiger partial charge in [0.1, 0.15) is 11.5 Å². The number of carbonyl (C=O) groups excluding carboxylic acids is 1. The minimum absolute atomic E-state index is 0.235. The molecule has 0 spiro atoms. The van der Waals surface area contributed by atoms with Crippen LogP contribution in [0.1, 0.15) is 23.0 Å². The van der Waals surface area contributed by atoms with Gasteiger partial charge in [0.25, 0.3) is 5.91 Å². The smallest absolute Gasteiger partial charge is 0.266 e. The minimum atomic E-state index is -0.428. The molecule has 0 unspecified atom stereocenters. The first-order valence-corrected chi connectivity index (χ1v) is 6.17. The zero-order chi connectivity index (χ0) is 14.5. The summed E-state index contributed by atoms with van der Waals surface area (Å²) in [5.41, 5.74) is 3.65. The lowest BCUT2D eigenvalue weighted by Gasteiger charge is -2.04. The van der Waals surface area contributed by atoms with Crippen molar-refractivity contribution in [3.63, 3.8) is 0 Å². The predicted octanol–water partition coefficient (Wildman–Crippen LogP) is 3.03. The zero-order valence-electron chi connectivity index (χ0n) is 10.6. The van der Waals surface area contributed by atoms with E-state index in [1.165, 1.54) is 24.4 Å². The summed E-state index contributed by atoms with van der Waals surface area (Å²) in [6.07, 6.45) is 1.52. The Hall–Kier alpha value is -2.27. The Labute approximate surface area is 120 Å². The predicted molar refractivity (Wildman–Crippen MR) is 75.3 cm³/mol. The van der Waals surface area contributed by atoms with Gasteiger partial charge < -0.3 is 0 Å². The Kier molecular flexibility index (Phi) is 4.42. The number of hydrogen-bond acceptors (Lipinski definition) is 3. The van der Waals surface area contributed by atoms with E-state index in [1.807, 2.05) is 0 Å². The molecule has 0 fully saturated rings. The van der Waals surface area contributed by atoms with Gasteiger partial charge in [-0.05, 0) is 37.3 Å². The van der Waals surface area contributed by atoms with Crippen LogP contribution < -0.4 is 5.43 Å². The van der Waals surface area contributed by atoms with Crippen molar-refractivity contribution in [1.82, 2.24) is 10.4 Å². The van der Waals surface area contributed by atoms with Crippen molar-refractivity contribution < 1.29 is 9.18 Å². The number of nitrogens with one attached hydrogen (secondary N) is 1. The fourth-order valence-electron chi connectivity index (χ4n) is 1.53. The third-order valence-electron chi connectivity index (χ3n) is 2.54. The Morgan fingerprint density at radius 2 is 2.15 bits per heavy atom. The summed E-state index contributed by atoms with van der Waals surface area (Å²) in [6, 6.07) is 8.96. The molecule has 0 aliphatic heterocycles. The second-order valence-corrected chi connectivity index (χ2v) is 4.38. The number of pyridine rings is 1. The Morgan fingerprint density at radius 3 is 2.80 bits per heavy atom. The standard InChI is InChI=1S/C14H11ClFN3O/c1-9(11-6-5-10(16)8-12(11)15)18-19-14(20)13-4-2-3-7-17-13/h2-8H,1H3,(H,19,20)/b18-9-. The average molecular weight is 292 g/mol. The Balaban J connectivity index is 2.13. The van der Waals surface area contributed by atoms with E-state index in [-0.39, 0.29) is 10.7 Å². The molecule has 6 heteroatoms. The van der Waals surface area contributed by atoms with Gasteiger partial charge in [-0.15, -0.1) is 0 Å². The number of nitrogens with zero attached hydrogens (tertiary/aromatic N) is 2. The SMILES string of the molecule is C/C(=N/NC(=O)c1ccccn1)c1ccc(F)cc1Cl. The van der Waals surface area contributed by atoms with Crippen molar-refractivity contribution in [3.05, 3.63) is 64.7 Å². The molecular formula is C14H11ClFN3O. The molecular weight excluding hydrogens is 281 g/mol. The van der Waals surface area contributed by atoms with E-state index in [4.69, 9.17) is 11.6 Å². The summed E-state index contributed by atoms with van der Waals surface area (Å²) in [6.45, 7) is 1.66. The van der Waals surface area contributed by atoms with Crippen LogP contribution in [0.25, 0.3) is 0 Å². The zero-order valence-corrected chi connectivity index (χ0v) is 11.4. The molecule has 4 nitrogen and oxygen atoms in total. The van der Waals surface area contributed by atoms with Crippen LogP contribution in [0, 0.1) is 5.82 Å². The van der Waals surface area contributed by atoms with E-state index < -0.39 is 11.7 Å². The molecule has 1 N–H and O–H groups in total. The summed E-state index contributed by atoms with van der Waals surface area (Å²) in [4.78, 5) is 15.6. The van der Waals surface area contributed by atoms with Crippen LogP contribution in [0.3, 0.4) is 0 Å². The maximum atomic E-state index is 12.9. The first-order valence-electron chi connectivity index (χ1n) is 5.79. The molecule has 0 atom stereocenters. The molecule has 0 aliphatic rings. The van der Waals surface area contributed by atoms with E-state index in [0.717, 1.165) is 0 Å². The van der Waals surface area contributed by atoms with Gasteiger partial charge in [0, 0.05) is 11.8 Å². The van der Waals surface area contributed by atoms with Crippen molar-refractivity contribution in [2.45, 2.75) is 6.92 Å². The van der Waals surface area contributed by atoms with Crippen LogP contribution in [-0.2, 0) is 0 Å².